The highest BCUT2D eigenvalue weighted by Crippen LogP contribution is 2.55. The third-order valence-electron chi connectivity index (χ3n) is 6.23. The smallest absolute Gasteiger partial charge is 0.119 e. The number of H-pyrrole nitrogens is 3. The Morgan fingerprint density at radius 1 is 0.964 bits per heavy atom. The molecule has 28 heavy (non-hydrogen) atoms. The van der Waals surface area contributed by atoms with Crippen LogP contribution in [-0.4, -0.2) is 53.6 Å². The first-order valence-electron chi connectivity index (χ1n) is 9.58. The van der Waals surface area contributed by atoms with Crippen molar-refractivity contribution >= 4 is 23.1 Å². The van der Waals surface area contributed by atoms with Crippen LogP contribution in [0.5, 0.6) is 0 Å². The van der Waals surface area contributed by atoms with Gasteiger partial charge in [0.15, 0.2) is 0 Å². The van der Waals surface area contributed by atoms with E-state index >= 15 is 0 Å². The van der Waals surface area contributed by atoms with Crippen LogP contribution in [0.3, 0.4) is 0 Å². The van der Waals surface area contributed by atoms with Crippen molar-refractivity contribution in [2.45, 2.75) is 37.4 Å². The molecule has 3 aliphatic heterocycles. The average molecular weight is 389 g/mol. The van der Waals surface area contributed by atoms with Gasteiger partial charge in [0.1, 0.15) is 4.64 Å². The Morgan fingerprint density at radius 3 is 2.50 bits per heavy atom. The second kappa shape index (κ2) is 6.08. The maximum atomic E-state index is 5.03. The average Bonchev–Trinajstić information content (AvgIpc) is 3.26. The first-order valence-corrected chi connectivity index (χ1v) is 9.99. The zero-order chi connectivity index (χ0) is 18.7. The van der Waals surface area contributed by atoms with Crippen LogP contribution >= 0.6 is 12.2 Å². The van der Waals surface area contributed by atoms with Crippen LogP contribution in [0.2, 0.25) is 0 Å². The van der Waals surface area contributed by atoms with Crippen LogP contribution in [0.4, 0.5) is 0 Å². The summed E-state index contributed by atoms with van der Waals surface area (Å²) < 4.78 is 0.606. The molecule has 1 aromatic carbocycles. The molecule has 0 radical (unpaired) electrons. The fourth-order valence-electron chi connectivity index (χ4n) is 4.80. The zero-order valence-electron chi connectivity index (χ0n) is 15.1. The van der Waals surface area contributed by atoms with Crippen molar-refractivity contribution in [3.63, 3.8) is 0 Å². The Hall–Kier alpha value is -2.84. The summed E-state index contributed by atoms with van der Waals surface area (Å²) in [6.45, 7) is 0. The van der Waals surface area contributed by atoms with E-state index in [9.17, 15) is 0 Å². The fourth-order valence-corrected chi connectivity index (χ4v) is 4.92. The van der Waals surface area contributed by atoms with Crippen molar-refractivity contribution in [3.05, 3.63) is 47.5 Å². The minimum Gasteiger partial charge on any atom is -0.291 e. The summed E-state index contributed by atoms with van der Waals surface area (Å²) in [6.07, 6.45) is 10.0. The van der Waals surface area contributed by atoms with E-state index in [0.717, 1.165) is 51.4 Å². The van der Waals surface area contributed by atoms with E-state index in [1.54, 1.807) is 12.6 Å². The molecular formula is C20H19N7S. The molecule has 3 aromatic heterocycles. The first-order chi connectivity index (χ1) is 13.8. The Labute approximate surface area is 166 Å². The molecule has 6 heterocycles. The summed E-state index contributed by atoms with van der Waals surface area (Å²) in [7, 11) is 0. The molecule has 8 heteroatoms. The second-order valence-corrected chi connectivity index (χ2v) is 8.10. The highest BCUT2D eigenvalue weighted by atomic mass is 32.1. The Morgan fingerprint density at radius 2 is 1.89 bits per heavy atom. The molecule has 4 unspecified atom stereocenters. The number of hydrogen-bond acceptors (Lipinski definition) is 5. The Bertz CT molecular complexity index is 1180. The third-order valence-corrected chi connectivity index (χ3v) is 6.46. The van der Waals surface area contributed by atoms with Gasteiger partial charge < -0.3 is 0 Å². The number of nitrogens with one attached hydrogen (secondary N) is 3. The SMILES string of the molecule is C1CC2C3CC1N23.S=c1ccc(-c2ccc(-c3cn[nH]c3)c3cn[nH]c23)n[nH]1. The number of rotatable bonds is 2. The van der Waals surface area contributed by atoms with Crippen molar-refractivity contribution in [2.75, 3.05) is 0 Å². The predicted molar refractivity (Wildman–Crippen MR) is 109 cm³/mol. The number of aromatic amines is 3. The van der Waals surface area contributed by atoms with E-state index in [4.69, 9.17) is 12.2 Å². The molecule has 3 N–H and O–H groups in total. The minimum absolute atomic E-state index is 0.606. The minimum atomic E-state index is 0.606. The molecule has 3 saturated heterocycles. The van der Waals surface area contributed by atoms with Crippen molar-refractivity contribution in [3.8, 4) is 22.4 Å². The van der Waals surface area contributed by atoms with Gasteiger partial charge in [-0.1, -0.05) is 18.3 Å². The van der Waals surface area contributed by atoms with Crippen molar-refractivity contribution < 1.29 is 0 Å². The van der Waals surface area contributed by atoms with E-state index in [-0.39, 0.29) is 0 Å². The van der Waals surface area contributed by atoms with Gasteiger partial charge >= 0.3 is 0 Å². The normalized spacial score (nSPS) is 26.3. The lowest BCUT2D eigenvalue weighted by atomic mass is 9.95. The molecule has 0 amide bonds. The van der Waals surface area contributed by atoms with Gasteiger partial charge in [-0.3, -0.25) is 20.2 Å². The van der Waals surface area contributed by atoms with Gasteiger partial charge in [0.2, 0.25) is 0 Å². The zero-order valence-corrected chi connectivity index (χ0v) is 15.9. The van der Waals surface area contributed by atoms with Crippen LogP contribution < -0.4 is 0 Å². The number of nitrogens with zero attached hydrogens (tertiary/aromatic N) is 4. The van der Waals surface area contributed by atoms with Crippen molar-refractivity contribution in [2.24, 2.45) is 0 Å². The predicted octanol–water partition coefficient (Wildman–Crippen LogP) is 3.68. The monoisotopic (exact) mass is 389 g/mol. The van der Waals surface area contributed by atoms with Crippen LogP contribution in [0.25, 0.3) is 33.3 Å². The topological polar surface area (TPSA) is 89.0 Å². The molecular weight excluding hydrogens is 370 g/mol. The quantitative estimate of drug-likeness (QED) is 0.359. The van der Waals surface area contributed by atoms with E-state index < -0.39 is 0 Å². The molecule has 140 valence electrons. The maximum absolute atomic E-state index is 5.03. The summed E-state index contributed by atoms with van der Waals surface area (Å²) in [5.74, 6) is 0. The van der Waals surface area contributed by atoms with Crippen molar-refractivity contribution in [1.82, 2.24) is 35.5 Å². The molecule has 3 aliphatic rings. The van der Waals surface area contributed by atoms with Crippen LogP contribution in [0.1, 0.15) is 19.3 Å². The number of fused-ring (bicyclic) bond motifs is 2. The standard InChI is InChI=1S/C14H10N6S.C6H9N/c21-13-4-3-12(18-19-13)10-2-1-9(8-5-15-16-6-8)11-7-17-20-14(10)11;1-2-5-6-3-4(1)7(5)6/h1-7H,(H,15,16)(H,17,20)(H,19,21);4-6H,1-3H2. The molecule has 3 fully saturated rings. The van der Waals surface area contributed by atoms with Gasteiger partial charge in [-0.15, -0.1) is 0 Å². The van der Waals surface area contributed by atoms with Gasteiger partial charge in [0, 0.05) is 40.8 Å². The molecule has 4 atom stereocenters. The third kappa shape index (κ3) is 2.45. The van der Waals surface area contributed by atoms with Gasteiger partial charge in [0.05, 0.1) is 23.6 Å². The maximum Gasteiger partial charge on any atom is 0.119 e. The van der Waals surface area contributed by atoms with Crippen molar-refractivity contribution in [1.29, 1.82) is 0 Å². The van der Waals surface area contributed by atoms with Crippen LogP contribution in [-0.2, 0) is 0 Å². The number of benzene rings is 1. The summed E-state index contributed by atoms with van der Waals surface area (Å²) in [5, 5.41) is 22.1. The summed E-state index contributed by atoms with van der Waals surface area (Å²) in [4.78, 5) is 2.67. The Kier molecular flexibility index (Phi) is 3.51. The molecule has 0 saturated carbocycles. The van der Waals surface area contributed by atoms with E-state index in [2.05, 4.69) is 35.5 Å². The van der Waals surface area contributed by atoms with E-state index in [1.807, 2.05) is 36.7 Å². The summed E-state index contributed by atoms with van der Waals surface area (Å²) in [5.41, 5.74) is 4.82. The van der Waals surface area contributed by atoms with Crippen LogP contribution in [0, 0.1) is 4.64 Å². The Balaban J connectivity index is 0.000000182. The van der Waals surface area contributed by atoms with E-state index in [1.165, 1.54) is 12.8 Å². The lowest BCUT2D eigenvalue weighted by Crippen LogP contribution is -2.31. The highest BCUT2D eigenvalue weighted by Gasteiger charge is 2.63. The molecule has 0 aliphatic carbocycles. The van der Waals surface area contributed by atoms with E-state index in [0.29, 0.717) is 4.64 Å². The van der Waals surface area contributed by atoms with Crippen LogP contribution in [0.15, 0.2) is 42.9 Å². The largest absolute Gasteiger partial charge is 0.291 e. The molecule has 0 spiro atoms. The lowest BCUT2D eigenvalue weighted by Gasteiger charge is -2.24. The summed E-state index contributed by atoms with van der Waals surface area (Å²) >= 11 is 5.03. The number of hydrogen-bond donors (Lipinski definition) is 3. The molecule has 7 rings (SSSR count). The summed E-state index contributed by atoms with van der Waals surface area (Å²) in [6, 6.07) is 11.0. The molecule has 0 bridgehead atoms. The second-order valence-electron chi connectivity index (χ2n) is 7.66. The fraction of sp³-hybridized carbons (Fsp3) is 0.300. The molecule has 4 aromatic rings. The van der Waals surface area contributed by atoms with Gasteiger partial charge in [-0.25, -0.2) is 0 Å². The first kappa shape index (κ1) is 16.1. The van der Waals surface area contributed by atoms with Gasteiger partial charge in [-0.05, 0) is 43.0 Å². The number of piperidine rings is 1. The van der Waals surface area contributed by atoms with Gasteiger partial charge in [0.25, 0.3) is 0 Å². The highest BCUT2D eigenvalue weighted by molar-refractivity contribution is 7.71. The molecule has 7 nitrogen and oxygen atoms in total. The number of aromatic nitrogens is 6. The van der Waals surface area contributed by atoms with Gasteiger partial charge in [-0.2, -0.15) is 15.3 Å². The lowest BCUT2D eigenvalue weighted by molar-refractivity contribution is 0.259.